The van der Waals surface area contributed by atoms with Crippen molar-refractivity contribution in [2.24, 2.45) is 10.2 Å². The fraction of sp³-hybridized carbons (Fsp3) is 0. The van der Waals surface area contributed by atoms with E-state index in [0.717, 1.165) is 16.3 Å². The number of benzene rings is 2. The second-order valence-corrected chi connectivity index (χ2v) is 4.65. The lowest BCUT2D eigenvalue weighted by Crippen LogP contribution is -1.68. The van der Waals surface area contributed by atoms with E-state index in [0.29, 0.717) is 0 Å². The minimum Gasteiger partial charge on any atom is -0.151 e. The Morgan fingerprint density at radius 1 is 0.812 bits per heavy atom. The summed E-state index contributed by atoms with van der Waals surface area (Å²) in [6.45, 7) is 0. The summed E-state index contributed by atoms with van der Waals surface area (Å²) in [6.07, 6.45) is 0. The summed E-state index contributed by atoms with van der Waals surface area (Å²) in [5.74, 6) is 0. The Bertz CT molecular complexity index is 485. The van der Waals surface area contributed by atoms with Gasteiger partial charge in [-0.15, -0.1) is 5.11 Å². The molecule has 4 heteroatoms. The Morgan fingerprint density at radius 3 is 2.25 bits per heavy atom. The monoisotopic (exact) mass is 292 g/mol. The summed E-state index contributed by atoms with van der Waals surface area (Å²) in [4.78, 5) is 1.06. The first-order valence-corrected chi connectivity index (χ1v) is 7.40. The molecule has 0 unspecified atom stereocenters. The summed E-state index contributed by atoms with van der Waals surface area (Å²) in [5, 5.41) is 8.40. The van der Waals surface area contributed by atoms with Crippen LogP contribution in [0.3, 0.4) is 0 Å². The minimum atomic E-state index is 0.858. The van der Waals surface area contributed by atoms with E-state index in [1.54, 1.807) is 0 Å². The van der Waals surface area contributed by atoms with Gasteiger partial charge >= 0.3 is 0 Å². The number of hydrogen-bond acceptors (Lipinski definition) is 3. The summed E-state index contributed by atoms with van der Waals surface area (Å²) in [7, 11) is 1.49. The van der Waals surface area contributed by atoms with Crippen molar-refractivity contribution in [2.75, 3.05) is 0 Å². The SMILES string of the molecule is BrSc1ccccc1/N=N/c1ccccc1. The summed E-state index contributed by atoms with van der Waals surface area (Å²) in [5.41, 5.74) is 1.73. The molecule has 0 bridgehead atoms. The van der Waals surface area contributed by atoms with Crippen LogP contribution in [0.25, 0.3) is 0 Å². The Morgan fingerprint density at radius 2 is 1.50 bits per heavy atom. The first kappa shape index (κ1) is 11.4. The highest BCUT2D eigenvalue weighted by atomic mass is 79.9. The van der Waals surface area contributed by atoms with Crippen LogP contribution in [-0.4, -0.2) is 0 Å². The lowest BCUT2D eigenvalue weighted by molar-refractivity contribution is 1.20. The maximum Gasteiger partial charge on any atom is 0.100 e. The molecule has 16 heavy (non-hydrogen) atoms. The van der Waals surface area contributed by atoms with Gasteiger partial charge < -0.3 is 0 Å². The Labute approximate surface area is 106 Å². The van der Waals surface area contributed by atoms with E-state index in [4.69, 9.17) is 0 Å². The number of azo groups is 1. The molecule has 0 amide bonds. The van der Waals surface area contributed by atoms with Crippen molar-refractivity contribution in [1.29, 1.82) is 0 Å². The molecule has 0 saturated heterocycles. The number of hydrogen-bond donors (Lipinski definition) is 0. The maximum absolute atomic E-state index is 4.22. The highest BCUT2D eigenvalue weighted by Gasteiger charge is 1.98. The van der Waals surface area contributed by atoms with Crippen molar-refractivity contribution >= 4 is 36.4 Å². The third-order valence-corrected chi connectivity index (χ3v) is 3.54. The Hall–Kier alpha value is -1.13. The van der Waals surface area contributed by atoms with Crippen LogP contribution in [0, 0.1) is 0 Å². The number of rotatable bonds is 3. The molecule has 0 spiro atoms. The predicted octanol–water partition coefficient (Wildman–Crippen LogP) is 5.50. The topological polar surface area (TPSA) is 24.7 Å². The van der Waals surface area contributed by atoms with Gasteiger partial charge in [0.1, 0.15) is 5.69 Å². The van der Waals surface area contributed by atoms with E-state index in [1.807, 2.05) is 54.6 Å². The standard InChI is InChI=1S/C12H9BrN2S/c13-16-12-9-5-4-8-11(12)15-14-10-6-2-1-3-7-10/h1-9H/b15-14+. The number of halogens is 1. The third-order valence-electron chi connectivity index (χ3n) is 1.98. The highest BCUT2D eigenvalue weighted by Crippen LogP contribution is 2.33. The zero-order valence-corrected chi connectivity index (χ0v) is 10.8. The zero-order valence-electron chi connectivity index (χ0n) is 8.38. The molecule has 2 aromatic rings. The lowest BCUT2D eigenvalue weighted by Gasteiger charge is -1.98. The molecule has 0 N–H and O–H groups in total. The van der Waals surface area contributed by atoms with Crippen molar-refractivity contribution in [3.63, 3.8) is 0 Å². The van der Waals surface area contributed by atoms with Crippen molar-refractivity contribution in [2.45, 2.75) is 4.90 Å². The van der Waals surface area contributed by atoms with Gasteiger partial charge in [0, 0.05) is 4.90 Å². The van der Waals surface area contributed by atoms with Gasteiger partial charge in [-0.1, -0.05) is 30.3 Å². The molecule has 0 atom stereocenters. The van der Waals surface area contributed by atoms with Gasteiger partial charge in [0.2, 0.25) is 0 Å². The molecule has 0 aliphatic rings. The molecule has 0 aliphatic carbocycles. The molecule has 0 heterocycles. The molecule has 0 radical (unpaired) electrons. The molecule has 2 aromatic carbocycles. The van der Waals surface area contributed by atoms with E-state index in [2.05, 4.69) is 25.0 Å². The summed E-state index contributed by atoms with van der Waals surface area (Å²) >= 11 is 3.35. The minimum absolute atomic E-state index is 0.858. The first-order valence-electron chi connectivity index (χ1n) is 4.74. The van der Waals surface area contributed by atoms with Crippen LogP contribution in [0.2, 0.25) is 0 Å². The average molecular weight is 293 g/mol. The van der Waals surface area contributed by atoms with Crippen LogP contribution in [0.4, 0.5) is 11.4 Å². The second-order valence-electron chi connectivity index (χ2n) is 3.08. The van der Waals surface area contributed by atoms with Gasteiger partial charge in [-0.25, -0.2) is 0 Å². The Kier molecular flexibility index (Phi) is 4.13. The van der Waals surface area contributed by atoms with Crippen LogP contribution in [-0.2, 0) is 0 Å². The summed E-state index contributed by atoms with van der Waals surface area (Å²) < 4.78 is 0. The lowest BCUT2D eigenvalue weighted by atomic mass is 10.3. The molecular formula is C12H9BrN2S. The molecule has 0 saturated carbocycles. The van der Waals surface area contributed by atoms with Gasteiger partial charge in [0.25, 0.3) is 0 Å². The molecule has 0 aromatic heterocycles. The van der Waals surface area contributed by atoms with Crippen LogP contribution < -0.4 is 0 Å². The highest BCUT2D eigenvalue weighted by molar-refractivity contribution is 9.50. The number of nitrogens with zero attached hydrogens (tertiary/aromatic N) is 2. The second kappa shape index (κ2) is 5.82. The normalized spacial score (nSPS) is 10.8. The zero-order chi connectivity index (χ0) is 11.2. The third kappa shape index (κ3) is 2.93. The van der Waals surface area contributed by atoms with Crippen molar-refractivity contribution < 1.29 is 0 Å². The van der Waals surface area contributed by atoms with Crippen LogP contribution in [0.5, 0.6) is 0 Å². The van der Waals surface area contributed by atoms with Gasteiger partial charge in [-0.3, -0.25) is 0 Å². The average Bonchev–Trinajstić information content (AvgIpc) is 2.38. The van der Waals surface area contributed by atoms with Crippen molar-refractivity contribution in [3.05, 3.63) is 54.6 Å². The van der Waals surface area contributed by atoms with E-state index in [9.17, 15) is 0 Å². The van der Waals surface area contributed by atoms with Crippen LogP contribution in [0.1, 0.15) is 0 Å². The summed E-state index contributed by atoms with van der Waals surface area (Å²) in [6, 6.07) is 17.6. The molecule has 0 fully saturated rings. The smallest absolute Gasteiger partial charge is 0.100 e. The van der Waals surface area contributed by atoms with E-state index in [1.165, 1.54) is 10.2 Å². The fourth-order valence-electron chi connectivity index (χ4n) is 1.21. The van der Waals surface area contributed by atoms with Gasteiger partial charge in [0.05, 0.1) is 5.69 Å². The van der Waals surface area contributed by atoms with Gasteiger partial charge in [-0.05, 0) is 49.3 Å². The quantitative estimate of drug-likeness (QED) is 0.685. The maximum atomic E-state index is 4.22. The van der Waals surface area contributed by atoms with Crippen molar-refractivity contribution in [1.82, 2.24) is 0 Å². The largest absolute Gasteiger partial charge is 0.151 e. The molecular weight excluding hydrogens is 284 g/mol. The molecule has 2 nitrogen and oxygen atoms in total. The van der Waals surface area contributed by atoms with E-state index < -0.39 is 0 Å². The van der Waals surface area contributed by atoms with Crippen LogP contribution >= 0.6 is 25.0 Å². The Balaban J connectivity index is 2.24. The van der Waals surface area contributed by atoms with Gasteiger partial charge in [-0.2, -0.15) is 5.11 Å². The van der Waals surface area contributed by atoms with Gasteiger partial charge in [0.15, 0.2) is 0 Å². The molecule has 2 rings (SSSR count). The predicted molar refractivity (Wildman–Crippen MR) is 71.8 cm³/mol. The van der Waals surface area contributed by atoms with E-state index >= 15 is 0 Å². The van der Waals surface area contributed by atoms with E-state index in [-0.39, 0.29) is 0 Å². The fourth-order valence-corrected chi connectivity index (χ4v) is 2.35. The first-order chi connectivity index (χ1) is 7.90. The van der Waals surface area contributed by atoms with Crippen LogP contribution in [0.15, 0.2) is 69.7 Å². The molecule has 0 aliphatic heterocycles. The molecule has 80 valence electrons. The van der Waals surface area contributed by atoms with Crippen molar-refractivity contribution in [3.8, 4) is 0 Å².